The average molecular weight is 206 g/mol. The number of rotatable bonds is 7. The number of unbranched alkanes of at least 4 members (excludes halogenated alkanes) is 1. The lowest BCUT2D eigenvalue weighted by molar-refractivity contribution is -0.137. The standard InChI is InChI=1S/C8H12F2O2Si/c1-2-7(11)12-5-3-4-6-13-8(9)10/h2,8H,1,3-6H2. The van der Waals surface area contributed by atoms with Gasteiger partial charge in [0.2, 0.25) is 6.05 Å². The number of carbonyl (C=O) groups is 1. The molecule has 74 valence electrons. The Morgan fingerprint density at radius 2 is 2.23 bits per heavy atom. The van der Waals surface area contributed by atoms with E-state index in [-0.39, 0.29) is 9.52 Å². The van der Waals surface area contributed by atoms with Crippen LogP contribution in [-0.2, 0) is 9.53 Å². The molecule has 0 heterocycles. The fourth-order valence-electron chi connectivity index (χ4n) is 0.670. The summed E-state index contributed by atoms with van der Waals surface area (Å²) in [7, 11) is -0.299. The minimum Gasteiger partial charge on any atom is -0.463 e. The van der Waals surface area contributed by atoms with Gasteiger partial charge < -0.3 is 4.74 Å². The number of halogens is 2. The maximum absolute atomic E-state index is 11.6. The molecule has 0 aliphatic heterocycles. The quantitative estimate of drug-likeness (QED) is 0.275. The molecular weight excluding hydrogens is 194 g/mol. The molecule has 0 aromatic rings. The Bertz CT molecular complexity index is 162. The number of esters is 1. The highest BCUT2D eigenvalue weighted by molar-refractivity contribution is 6.36. The van der Waals surface area contributed by atoms with Crippen LogP contribution in [-0.4, -0.2) is 28.1 Å². The third-order valence-electron chi connectivity index (χ3n) is 1.28. The van der Waals surface area contributed by atoms with Gasteiger partial charge in [0.1, 0.15) is 9.52 Å². The summed E-state index contributed by atoms with van der Waals surface area (Å²) in [4.78, 5) is 10.5. The van der Waals surface area contributed by atoms with Crippen LogP contribution in [0.15, 0.2) is 12.7 Å². The first-order valence-corrected chi connectivity index (χ1v) is 5.26. The van der Waals surface area contributed by atoms with Gasteiger partial charge in [-0.25, -0.2) is 13.6 Å². The van der Waals surface area contributed by atoms with Gasteiger partial charge >= 0.3 is 5.97 Å². The Labute approximate surface area is 78.8 Å². The van der Waals surface area contributed by atoms with Crippen LogP contribution >= 0.6 is 0 Å². The Morgan fingerprint density at radius 1 is 1.54 bits per heavy atom. The highest BCUT2D eigenvalue weighted by Crippen LogP contribution is 2.00. The number of hydrogen-bond donors (Lipinski definition) is 0. The van der Waals surface area contributed by atoms with Crippen molar-refractivity contribution in [3.63, 3.8) is 0 Å². The molecule has 0 atom stereocenters. The van der Waals surface area contributed by atoms with Crippen molar-refractivity contribution in [1.82, 2.24) is 0 Å². The van der Waals surface area contributed by atoms with Gasteiger partial charge in [-0.3, -0.25) is 0 Å². The first kappa shape index (κ1) is 12.3. The first-order valence-electron chi connectivity index (χ1n) is 3.97. The van der Waals surface area contributed by atoms with Crippen molar-refractivity contribution in [2.75, 3.05) is 6.61 Å². The molecule has 0 saturated heterocycles. The Morgan fingerprint density at radius 3 is 2.77 bits per heavy atom. The fourth-order valence-corrected chi connectivity index (χ4v) is 1.34. The third-order valence-corrected chi connectivity index (χ3v) is 2.23. The topological polar surface area (TPSA) is 26.3 Å². The second-order valence-corrected chi connectivity index (χ2v) is 3.68. The van der Waals surface area contributed by atoms with Crippen molar-refractivity contribution in [3.8, 4) is 0 Å². The minimum absolute atomic E-state index is 0.290. The van der Waals surface area contributed by atoms with E-state index in [1.165, 1.54) is 0 Å². The van der Waals surface area contributed by atoms with E-state index in [1.54, 1.807) is 0 Å². The van der Waals surface area contributed by atoms with Gasteiger partial charge in [-0.1, -0.05) is 19.0 Å². The Hall–Kier alpha value is -0.713. The Kier molecular flexibility index (Phi) is 7.48. The number of hydrogen-bond acceptors (Lipinski definition) is 2. The van der Waals surface area contributed by atoms with Gasteiger partial charge in [0.05, 0.1) is 6.61 Å². The molecule has 0 fully saturated rings. The van der Waals surface area contributed by atoms with Crippen LogP contribution in [0.1, 0.15) is 12.8 Å². The molecule has 5 heteroatoms. The smallest absolute Gasteiger partial charge is 0.330 e. The number of ether oxygens (including phenoxy) is 1. The molecule has 0 spiro atoms. The summed E-state index contributed by atoms with van der Waals surface area (Å²) in [6.07, 6.45) is 2.40. The molecule has 0 aromatic carbocycles. The van der Waals surface area contributed by atoms with E-state index in [0.717, 1.165) is 6.08 Å². The largest absolute Gasteiger partial charge is 0.463 e. The predicted molar refractivity (Wildman–Crippen MR) is 47.0 cm³/mol. The fraction of sp³-hybridized carbons (Fsp3) is 0.625. The van der Waals surface area contributed by atoms with Gasteiger partial charge in [-0.2, -0.15) is 0 Å². The summed E-state index contributed by atoms with van der Waals surface area (Å²) in [6.45, 7) is 3.52. The lowest BCUT2D eigenvalue weighted by Crippen LogP contribution is -2.05. The monoisotopic (exact) mass is 206 g/mol. The van der Waals surface area contributed by atoms with Crippen molar-refractivity contribution >= 4 is 15.5 Å². The van der Waals surface area contributed by atoms with Crippen LogP contribution in [0.4, 0.5) is 8.78 Å². The molecule has 0 aliphatic carbocycles. The van der Waals surface area contributed by atoms with Crippen molar-refractivity contribution in [2.24, 2.45) is 0 Å². The van der Waals surface area contributed by atoms with Crippen LogP contribution in [0.25, 0.3) is 0 Å². The zero-order valence-electron chi connectivity index (χ0n) is 7.26. The van der Waals surface area contributed by atoms with E-state index in [4.69, 9.17) is 0 Å². The molecular formula is C8H12F2O2Si. The number of carbonyl (C=O) groups excluding carboxylic acids is 1. The maximum atomic E-state index is 11.6. The molecule has 0 rings (SSSR count). The molecule has 0 N–H and O–H groups in total. The van der Waals surface area contributed by atoms with Gasteiger partial charge in [0.15, 0.2) is 0 Å². The zero-order chi connectivity index (χ0) is 10.1. The van der Waals surface area contributed by atoms with Crippen molar-refractivity contribution in [2.45, 2.75) is 24.9 Å². The molecule has 0 aliphatic rings. The van der Waals surface area contributed by atoms with Crippen molar-refractivity contribution in [3.05, 3.63) is 12.7 Å². The molecule has 0 amide bonds. The van der Waals surface area contributed by atoms with Crippen LogP contribution < -0.4 is 0 Å². The van der Waals surface area contributed by atoms with Crippen LogP contribution in [0, 0.1) is 0 Å². The van der Waals surface area contributed by atoms with Gasteiger partial charge in [0, 0.05) is 6.08 Å². The van der Waals surface area contributed by atoms with Crippen LogP contribution in [0.2, 0.25) is 6.04 Å². The predicted octanol–water partition coefficient (Wildman–Crippen LogP) is 1.84. The second-order valence-electron chi connectivity index (χ2n) is 2.33. The summed E-state index contributed by atoms with van der Waals surface area (Å²) in [5.74, 6) is -0.462. The highest BCUT2D eigenvalue weighted by atomic mass is 28.2. The van der Waals surface area contributed by atoms with Crippen LogP contribution in [0.5, 0.6) is 0 Å². The van der Waals surface area contributed by atoms with E-state index >= 15 is 0 Å². The molecule has 0 aromatic heterocycles. The molecule has 0 unspecified atom stereocenters. The normalized spacial score (nSPS) is 10.1. The summed E-state index contributed by atoms with van der Waals surface area (Å²) in [5.41, 5.74) is 0. The van der Waals surface area contributed by atoms with Gasteiger partial charge in [-0.05, 0) is 6.42 Å². The van der Waals surface area contributed by atoms with Crippen LogP contribution in [0.3, 0.4) is 0 Å². The first-order chi connectivity index (χ1) is 6.16. The summed E-state index contributed by atoms with van der Waals surface area (Å²) in [5, 5.41) is 0. The summed E-state index contributed by atoms with van der Waals surface area (Å²) < 4.78 is 27.9. The minimum atomic E-state index is -2.20. The Balaban J connectivity index is 3.08. The van der Waals surface area contributed by atoms with E-state index in [1.807, 2.05) is 0 Å². The maximum Gasteiger partial charge on any atom is 0.330 e. The summed E-state index contributed by atoms with van der Waals surface area (Å²) >= 11 is 0. The SMILES string of the molecule is C=CC(=O)OCCCC[Si]C(F)F. The molecule has 0 saturated carbocycles. The average Bonchev–Trinajstić information content (AvgIpc) is 2.10. The van der Waals surface area contributed by atoms with E-state index in [9.17, 15) is 13.6 Å². The third kappa shape index (κ3) is 9.20. The lowest BCUT2D eigenvalue weighted by atomic mass is 10.4. The van der Waals surface area contributed by atoms with Gasteiger partial charge in [0.25, 0.3) is 0 Å². The van der Waals surface area contributed by atoms with E-state index in [0.29, 0.717) is 25.5 Å². The number of alkyl halides is 2. The lowest BCUT2D eigenvalue weighted by Gasteiger charge is -2.00. The highest BCUT2D eigenvalue weighted by Gasteiger charge is 2.03. The summed E-state index contributed by atoms with van der Waals surface area (Å²) in [6, 6.07) is -1.70. The molecule has 13 heavy (non-hydrogen) atoms. The second kappa shape index (κ2) is 7.91. The molecule has 0 bridgehead atoms. The van der Waals surface area contributed by atoms with Crippen molar-refractivity contribution in [1.29, 1.82) is 0 Å². The zero-order valence-corrected chi connectivity index (χ0v) is 8.26. The van der Waals surface area contributed by atoms with Crippen molar-refractivity contribution < 1.29 is 18.3 Å². The van der Waals surface area contributed by atoms with E-state index in [2.05, 4.69) is 11.3 Å². The van der Waals surface area contributed by atoms with Gasteiger partial charge in [-0.15, -0.1) is 0 Å². The molecule has 2 radical (unpaired) electrons. The molecule has 2 nitrogen and oxygen atoms in total. The van der Waals surface area contributed by atoms with E-state index < -0.39 is 12.0 Å².